The van der Waals surface area contributed by atoms with Gasteiger partial charge in [-0.2, -0.15) is 13.2 Å². The van der Waals surface area contributed by atoms with Crippen LogP contribution in [-0.4, -0.2) is 35.7 Å². The molecule has 0 radical (unpaired) electrons. The Bertz CT molecular complexity index is 223. The van der Waals surface area contributed by atoms with E-state index < -0.39 is 18.3 Å². The molecule has 0 aromatic heterocycles. The van der Waals surface area contributed by atoms with E-state index in [0.29, 0.717) is 19.4 Å². The molecular weight excluding hydrogens is 241 g/mol. The summed E-state index contributed by atoms with van der Waals surface area (Å²) in [6, 6.07) is -2.53. The van der Waals surface area contributed by atoms with Gasteiger partial charge in [0, 0.05) is 18.6 Å². The highest BCUT2D eigenvalue weighted by molar-refractivity contribution is 4.89. The fourth-order valence-corrected chi connectivity index (χ4v) is 2.46. The Kier molecular flexibility index (Phi) is 7.22. The molecule has 0 fully saturated rings. The molecule has 2 N–H and O–H groups in total. The predicted octanol–water partition coefficient (Wildman–Crippen LogP) is 3.41. The summed E-state index contributed by atoms with van der Waals surface area (Å²) in [5, 5.41) is 0. The first-order valence-electron chi connectivity index (χ1n) is 6.73. The van der Waals surface area contributed by atoms with Crippen LogP contribution in [0, 0.1) is 5.92 Å². The molecule has 2 unspecified atom stereocenters. The number of hydrogen-bond acceptors (Lipinski definition) is 2. The molecule has 0 spiro atoms. The van der Waals surface area contributed by atoms with Crippen LogP contribution in [-0.2, 0) is 0 Å². The van der Waals surface area contributed by atoms with Crippen molar-refractivity contribution in [2.75, 3.05) is 6.54 Å². The monoisotopic (exact) mass is 268 g/mol. The average molecular weight is 268 g/mol. The second-order valence-electron chi connectivity index (χ2n) is 5.41. The standard InChI is InChI=1S/C13H27F3N2/c1-6-11(7-2)18(8-9(3)4)12(10(5)17)13(14,15)16/h9-12H,6-8,17H2,1-5H3. The van der Waals surface area contributed by atoms with Crippen molar-refractivity contribution in [1.29, 1.82) is 0 Å². The van der Waals surface area contributed by atoms with E-state index in [1.807, 2.05) is 27.7 Å². The van der Waals surface area contributed by atoms with Crippen LogP contribution in [0.15, 0.2) is 0 Å². The topological polar surface area (TPSA) is 29.3 Å². The van der Waals surface area contributed by atoms with Gasteiger partial charge in [0.1, 0.15) is 6.04 Å². The third kappa shape index (κ3) is 5.14. The fraction of sp³-hybridized carbons (Fsp3) is 1.00. The van der Waals surface area contributed by atoms with Crippen LogP contribution in [0.1, 0.15) is 47.5 Å². The van der Waals surface area contributed by atoms with Crippen LogP contribution in [0.4, 0.5) is 13.2 Å². The van der Waals surface area contributed by atoms with E-state index in [1.165, 1.54) is 6.92 Å². The van der Waals surface area contributed by atoms with Crippen molar-refractivity contribution in [2.45, 2.75) is 71.8 Å². The first-order valence-corrected chi connectivity index (χ1v) is 6.73. The maximum absolute atomic E-state index is 13.2. The minimum atomic E-state index is -4.27. The van der Waals surface area contributed by atoms with Crippen molar-refractivity contribution in [3.8, 4) is 0 Å². The molecule has 2 nitrogen and oxygen atoms in total. The van der Waals surface area contributed by atoms with Crippen LogP contribution in [0.2, 0.25) is 0 Å². The molecule has 18 heavy (non-hydrogen) atoms. The lowest BCUT2D eigenvalue weighted by molar-refractivity contribution is -0.196. The molecule has 2 atom stereocenters. The first kappa shape index (κ1) is 17.7. The smallest absolute Gasteiger partial charge is 0.326 e. The number of nitrogens with two attached hydrogens (primary N) is 1. The molecule has 0 bridgehead atoms. The molecule has 0 aliphatic carbocycles. The summed E-state index contributed by atoms with van der Waals surface area (Å²) in [6.07, 6.45) is -2.85. The number of alkyl halides is 3. The molecule has 0 aromatic rings. The SMILES string of the molecule is CCC(CC)N(CC(C)C)C(C(C)N)C(F)(F)F. The Hall–Kier alpha value is -0.290. The summed E-state index contributed by atoms with van der Waals surface area (Å²) in [7, 11) is 0. The molecule has 0 rings (SSSR count). The zero-order valence-corrected chi connectivity index (χ0v) is 12.1. The zero-order chi connectivity index (χ0) is 14.5. The maximum Gasteiger partial charge on any atom is 0.405 e. The molecule has 0 saturated heterocycles. The average Bonchev–Trinajstić information content (AvgIpc) is 2.15. The quantitative estimate of drug-likeness (QED) is 0.766. The molecule has 0 aromatic carbocycles. The molecule has 0 aliphatic heterocycles. The molecule has 110 valence electrons. The maximum atomic E-state index is 13.2. The van der Waals surface area contributed by atoms with Crippen LogP contribution >= 0.6 is 0 Å². The molecule has 0 amide bonds. The van der Waals surface area contributed by atoms with E-state index in [2.05, 4.69) is 0 Å². The van der Waals surface area contributed by atoms with Gasteiger partial charge in [-0.1, -0.05) is 27.7 Å². The minimum absolute atomic E-state index is 0.0648. The van der Waals surface area contributed by atoms with Gasteiger partial charge in [0.05, 0.1) is 0 Å². The van der Waals surface area contributed by atoms with Gasteiger partial charge in [-0.15, -0.1) is 0 Å². The lowest BCUT2D eigenvalue weighted by Gasteiger charge is -2.41. The van der Waals surface area contributed by atoms with E-state index in [4.69, 9.17) is 5.73 Å². The summed E-state index contributed by atoms with van der Waals surface area (Å²) in [5.41, 5.74) is 5.58. The number of nitrogens with zero attached hydrogens (tertiary/aromatic N) is 1. The lowest BCUT2D eigenvalue weighted by Crippen LogP contribution is -2.58. The Morgan fingerprint density at radius 2 is 1.50 bits per heavy atom. The van der Waals surface area contributed by atoms with E-state index in [9.17, 15) is 13.2 Å². The highest BCUT2D eigenvalue weighted by Gasteiger charge is 2.47. The molecule has 0 saturated carbocycles. The van der Waals surface area contributed by atoms with Gasteiger partial charge < -0.3 is 5.73 Å². The van der Waals surface area contributed by atoms with Gasteiger partial charge >= 0.3 is 6.18 Å². The summed E-state index contributed by atoms with van der Waals surface area (Å²) in [5.74, 6) is 0.189. The van der Waals surface area contributed by atoms with Gasteiger partial charge in [0.2, 0.25) is 0 Å². The van der Waals surface area contributed by atoms with Crippen molar-refractivity contribution in [3.05, 3.63) is 0 Å². The Labute approximate surface area is 109 Å². The van der Waals surface area contributed by atoms with Gasteiger partial charge in [-0.05, 0) is 25.7 Å². The summed E-state index contributed by atoms with van der Waals surface area (Å²) in [6.45, 7) is 9.59. The normalized spacial score (nSPS) is 16.7. The van der Waals surface area contributed by atoms with Crippen molar-refractivity contribution < 1.29 is 13.2 Å². The number of halogens is 3. The second kappa shape index (κ2) is 7.34. The molecule has 0 aliphatic rings. The van der Waals surface area contributed by atoms with Crippen LogP contribution in [0.25, 0.3) is 0 Å². The predicted molar refractivity (Wildman–Crippen MR) is 69.4 cm³/mol. The fourth-order valence-electron chi connectivity index (χ4n) is 2.46. The minimum Gasteiger partial charge on any atom is -0.326 e. The molecular formula is C13H27F3N2. The Balaban J connectivity index is 5.22. The third-order valence-electron chi connectivity index (χ3n) is 3.18. The van der Waals surface area contributed by atoms with Crippen molar-refractivity contribution in [2.24, 2.45) is 11.7 Å². The van der Waals surface area contributed by atoms with E-state index in [-0.39, 0.29) is 12.0 Å². The zero-order valence-electron chi connectivity index (χ0n) is 12.1. The lowest BCUT2D eigenvalue weighted by atomic mass is 10.00. The van der Waals surface area contributed by atoms with E-state index in [1.54, 1.807) is 4.90 Å². The van der Waals surface area contributed by atoms with Gasteiger partial charge in [0.25, 0.3) is 0 Å². The highest BCUT2D eigenvalue weighted by atomic mass is 19.4. The Morgan fingerprint density at radius 3 is 1.72 bits per heavy atom. The molecule has 5 heteroatoms. The molecule has 0 heterocycles. The van der Waals surface area contributed by atoms with E-state index >= 15 is 0 Å². The summed E-state index contributed by atoms with van der Waals surface area (Å²) < 4.78 is 39.5. The van der Waals surface area contributed by atoms with Crippen molar-refractivity contribution >= 4 is 0 Å². The number of rotatable bonds is 7. The van der Waals surface area contributed by atoms with Crippen LogP contribution < -0.4 is 5.73 Å². The highest BCUT2D eigenvalue weighted by Crippen LogP contribution is 2.30. The van der Waals surface area contributed by atoms with Crippen LogP contribution in [0.3, 0.4) is 0 Å². The number of hydrogen-bond donors (Lipinski definition) is 1. The first-order chi connectivity index (χ1) is 8.15. The summed E-state index contributed by atoms with van der Waals surface area (Å²) >= 11 is 0. The van der Waals surface area contributed by atoms with Crippen molar-refractivity contribution in [1.82, 2.24) is 4.90 Å². The second-order valence-corrected chi connectivity index (χ2v) is 5.41. The summed E-state index contributed by atoms with van der Waals surface area (Å²) in [4.78, 5) is 1.55. The largest absolute Gasteiger partial charge is 0.405 e. The van der Waals surface area contributed by atoms with Crippen LogP contribution in [0.5, 0.6) is 0 Å². The third-order valence-corrected chi connectivity index (χ3v) is 3.18. The Morgan fingerprint density at radius 1 is 1.06 bits per heavy atom. The van der Waals surface area contributed by atoms with E-state index in [0.717, 1.165) is 0 Å². The van der Waals surface area contributed by atoms with Gasteiger partial charge in [0.15, 0.2) is 0 Å². The van der Waals surface area contributed by atoms with Gasteiger partial charge in [-0.3, -0.25) is 4.90 Å². The van der Waals surface area contributed by atoms with Crippen molar-refractivity contribution in [3.63, 3.8) is 0 Å². The van der Waals surface area contributed by atoms with Gasteiger partial charge in [-0.25, -0.2) is 0 Å².